The van der Waals surface area contributed by atoms with Crippen LogP contribution in [0.1, 0.15) is 38.5 Å². The van der Waals surface area contributed by atoms with Gasteiger partial charge in [0, 0.05) is 13.5 Å². The van der Waals surface area contributed by atoms with Gasteiger partial charge in [-0.2, -0.15) is 0 Å². The van der Waals surface area contributed by atoms with Crippen molar-refractivity contribution in [2.24, 2.45) is 5.92 Å². The molecule has 0 atom stereocenters. The number of fused-ring (bicyclic) bond motifs is 1. The van der Waals surface area contributed by atoms with E-state index in [1.807, 2.05) is 31.3 Å². The Kier molecular flexibility index (Phi) is 4.01. The summed E-state index contributed by atoms with van der Waals surface area (Å²) in [4.78, 5) is 18.5. The zero-order chi connectivity index (χ0) is 13.9. The molecular formula is C16H20N2OS. The fourth-order valence-corrected chi connectivity index (χ4v) is 3.85. The van der Waals surface area contributed by atoms with Gasteiger partial charge < -0.3 is 0 Å². The third kappa shape index (κ3) is 2.85. The Labute approximate surface area is 123 Å². The monoisotopic (exact) mass is 288 g/mol. The van der Waals surface area contributed by atoms with Gasteiger partial charge in [-0.25, -0.2) is 4.98 Å². The van der Waals surface area contributed by atoms with E-state index in [9.17, 15) is 4.79 Å². The molecule has 0 radical (unpaired) electrons. The molecule has 1 aliphatic rings. The van der Waals surface area contributed by atoms with Crippen LogP contribution in [0, 0.1) is 5.92 Å². The highest BCUT2D eigenvalue weighted by Gasteiger charge is 2.19. The maximum absolute atomic E-state index is 12.3. The van der Waals surface area contributed by atoms with E-state index in [0.29, 0.717) is 6.42 Å². The van der Waals surface area contributed by atoms with E-state index < -0.39 is 0 Å². The van der Waals surface area contributed by atoms with Gasteiger partial charge in [0.05, 0.1) is 10.2 Å². The van der Waals surface area contributed by atoms with Gasteiger partial charge in [0.1, 0.15) is 0 Å². The van der Waals surface area contributed by atoms with Crippen LogP contribution in [0.25, 0.3) is 10.2 Å². The molecule has 0 aliphatic heterocycles. The topological polar surface area (TPSA) is 33.2 Å². The molecule has 0 N–H and O–H groups in total. The summed E-state index contributed by atoms with van der Waals surface area (Å²) in [5.41, 5.74) is 0.975. The van der Waals surface area contributed by atoms with E-state index >= 15 is 0 Å². The standard InChI is InChI=1S/C16H20N2OS/c1-18(15(19)11-10-12-6-2-3-7-12)16-17-13-8-4-5-9-14(13)20-16/h4-5,8-9,12H,2-3,6-7,10-11H2,1H3. The summed E-state index contributed by atoms with van der Waals surface area (Å²) in [6.45, 7) is 0. The number of benzene rings is 1. The molecule has 1 aromatic carbocycles. The highest BCUT2D eigenvalue weighted by molar-refractivity contribution is 7.22. The molecule has 1 aromatic heterocycles. The normalized spacial score (nSPS) is 15.8. The zero-order valence-electron chi connectivity index (χ0n) is 11.8. The highest BCUT2D eigenvalue weighted by Crippen LogP contribution is 2.30. The SMILES string of the molecule is CN(C(=O)CCC1CCCC1)c1nc2ccccc2s1. The van der Waals surface area contributed by atoms with Gasteiger partial charge >= 0.3 is 0 Å². The Hall–Kier alpha value is -1.42. The van der Waals surface area contributed by atoms with E-state index in [1.165, 1.54) is 25.7 Å². The van der Waals surface area contributed by atoms with Crippen LogP contribution in [0.15, 0.2) is 24.3 Å². The smallest absolute Gasteiger partial charge is 0.228 e. The molecule has 106 valence electrons. The zero-order valence-corrected chi connectivity index (χ0v) is 12.7. The highest BCUT2D eigenvalue weighted by atomic mass is 32.1. The number of thiazole rings is 1. The summed E-state index contributed by atoms with van der Waals surface area (Å²) in [5, 5.41) is 0.808. The molecule has 1 saturated carbocycles. The molecule has 3 nitrogen and oxygen atoms in total. The second kappa shape index (κ2) is 5.92. The molecule has 0 spiro atoms. The van der Waals surface area contributed by atoms with Crippen molar-refractivity contribution in [2.75, 3.05) is 11.9 Å². The van der Waals surface area contributed by atoms with Crippen molar-refractivity contribution in [3.63, 3.8) is 0 Å². The predicted molar refractivity (Wildman–Crippen MR) is 84.2 cm³/mol. The predicted octanol–water partition coefficient (Wildman–Crippen LogP) is 4.23. The molecule has 20 heavy (non-hydrogen) atoms. The Bertz CT molecular complexity index is 568. The molecule has 1 aliphatic carbocycles. The molecule has 3 rings (SSSR count). The van der Waals surface area contributed by atoms with Crippen molar-refractivity contribution in [1.82, 2.24) is 4.98 Å². The lowest BCUT2D eigenvalue weighted by atomic mass is 10.0. The number of amides is 1. The minimum absolute atomic E-state index is 0.191. The molecule has 2 aromatic rings. The summed E-state index contributed by atoms with van der Waals surface area (Å²) in [6.07, 6.45) is 6.97. The third-order valence-corrected chi connectivity index (χ3v) is 5.30. The Morgan fingerprint density at radius 3 is 2.85 bits per heavy atom. The average Bonchev–Trinajstić information content (AvgIpc) is 3.12. The van der Waals surface area contributed by atoms with Crippen LogP contribution in [-0.4, -0.2) is 17.9 Å². The maximum atomic E-state index is 12.3. The number of nitrogens with zero attached hydrogens (tertiary/aromatic N) is 2. The fourth-order valence-electron chi connectivity index (χ4n) is 2.90. The third-order valence-electron chi connectivity index (χ3n) is 4.18. The lowest BCUT2D eigenvalue weighted by molar-refractivity contribution is -0.118. The number of hydrogen-bond acceptors (Lipinski definition) is 3. The largest absolute Gasteiger partial charge is 0.291 e. The first kappa shape index (κ1) is 13.6. The minimum Gasteiger partial charge on any atom is -0.291 e. The maximum Gasteiger partial charge on any atom is 0.228 e. The molecule has 1 heterocycles. The minimum atomic E-state index is 0.191. The van der Waals surface area contributed by atoms with Gasteiger partial charge in [-0.15, -0.1) is 0 Å². The molecule has 1 fully saturated rings. The van der Waals surface area contributed by atoms with Crippen LogP contribution >= 0.6 is 11.3 Å². The Balaban J connectivity index is 1.64. The van der Waals surface area contributed by atoms with Gasteiger partial charge in [-0.3, -0.25) is 9.69 Å². The number of carbonyl (C=O) groups excluding carboxylic acids is 1. The summed E-state index contributed by atoms with van der Waals surface area (Å²) < 4.78 is 1.14. The Morgan fingerprint density at radius 2 is 2.10 bits per heavy atom. The van der Waals surface area contributed by atoms with Crippen molar-refractivity contribution >= 4 is 32.6 Å². The molecule has 0 unspecified atom stereocenters. The van der Waals surface area contributed by atoms with Crippen LogP contribution < -0.4 is 4.90 Å². The molecular weight excluding hydrogens is 268 g/mol. The van der Waals surface area contributed by atoms with Gasteiger partial charge in [0.15, 0.2) is 5.13 Å². The number of aromatic nitrogens is 1. The molecule has 4 heteroatoms. The van der Waals surface area contributed by atoms with Crippen molar-refractivity contribution in [3.8, 4) is 0 Å². The van der Waals surface area contributed by atoms with E-state index in [4.69, 9.17) is 0 Å². The van der Waals surface area contributed by atoms with Gasteiger partial charge in [0.2, 0.25) is 5.91 Å². The summed E-state index contributed by atoms with van der Waals surface area (Å²) in [6, 6.07) is 8.03. The number of hydrogen-bond donors (Lipinski definition) is 0. The molecule has 1 amide bonds. The molecule has 0 saturated heterocycles. The van der Waals surface area contributed by atoms with Crippen molar-refractivity contribution in [2.45, 2.75) is 38.5 Å². The van der Waals surface area contributed by atoms with E-state index in [-0.39, 0.29) is 5.91 Å². The number of rotatable bonds is 4. The molecule has 0 bridgehead atoms. The lowest BCUT2D eigenvalue weighted by Crippen LogP contribution is -2.26. The summed E-state index contributed by atoms with van der Waals surface area (Å²) in [7, 11) is 1.84. The van der Waals surface area contributed by atoms with Gasteiger partial charge in [0.25, 0.3) is 0 Å². The first-order chi connectivity index (χ1) is 9.74. The van der Waals surface area contributed by atoms with E-state index in [0.717, 1.165) is 27.7 Å². The van der Waals surface area contributed by atoms with Crippen LogP contribution in [0.2, 0.25) is 0 Å². The van der Waals surface area contributed by atoms with Gasteiger partial charge in [-0.05, 0) is 24.5 Å². The van der Waals surface area contributed by atoms with Crippen LogP contribution in [-0.2, 0) is 4.79 Å². The summed E-state index contributed by atoms with van der Waals surface area (Å²) in [5.74, 6) is 0.957. The number of para-hydroxylation sites is 1. The van der Waals surface area contributed by atoms with Crippen LogP contribution in [0.3, 0.4) is 0 Å². The first-order valence-corrected chi connectivity index (χ1v) is 8.18. The number of anilines is 1. The summed E-state index contributed by atoms with van der Waals surface area (Å²) >= 11 is 1.59. The second-order valence-electron chi connectivity index (χ2n) is 5.61. The van der Waals surface area contributed by atoms with E-state index in [2.05, 4.69) is 4.98 Å². The van der Waals surface area contributed by atoms with Gasteiger partial charge in [-0.1, -0.05) is 49.2 Å². The second-order valence-corrected chi connectivity index (χ2v) is 6.62. The average molecular weight is 288 g/mol. The first-order valence-electron chi connectivity index (χ1n) is 7.36. The fraction of sp³-hybridized carbons (Fsp3) is 0.500. The lowest BCUT2D eigenvalue weighted by Gasteiger charge is -2.15. The van der Waals surface area contributed by atoms with Crippen LogP contribution in [0.4, 0.5) is 5.13 Å². The number of carbonyl (C=O) groups is 1. The van der Waals surface area contributed by atoms with E-state index in [1.54, 1.807) is 16.2 Å². The van der Waals surface area contributed by atoms with Crippen molar-refractivity contribution in [3.05, 3.63) is 24.3 Å². The van der Waals surface area contributed by atoms with Crippen molar-refractivity contribution < 1.29 is 4.79 Å². The van der Waals surface area contributed by atoms with Crippen molar-refractivity contribution in [1.29, 1.82) is 0 Å². The quantitative estimate of drug-likeness (QED) is 0.843. The van der Waals surface area contributed by atoms with Crippen LogP contribution in [0.5, 0.6) is 0 Å². The Morgan fingerprint density at radius 1 is 1.35 bits per heavy atom.